The molecule has 0 bridgehead atoms. The average Bonchev–Trinajstić information content (AvgIpc) is 3.26. The van der Waals surface area contributed by atoms with Crippen molar-refractivity contribution >= 4 is 37.5 Å². The van der Waals surface area contributed by atoms with Crippen LogP contribution in [0.2, 0.25) is 0 Å². The molecule has 5 rings (SSSR count). The van der Waals surface area contributed by atoms with Crippen LogP contribution in [0.4, 0.5) is 5.69 Å². The van der Waals surface area contributed by atoms with Gasteiger partial charge in [-0.25, -0.2) is 8.42 Å². The molecular formula is C30H31N3O4S. The lowest BCUT2D eigenvalue weighted by molar-refractivity contribution is 0.0986. The quantitative estimate of drug-likeness (QED) is 0.216. The highest BCUT2D eigenvalue weighted by Crippen LogP contribution is 2.28. The topological polar surface area (TPSA) is 94.7 Å². The second-order valence-electron chi connectivity index (χ2n) is 9.46. The molecule has 0 saturated carbocycles. The van der Waals surface area contributed by atoms with Crippen LogP contribution in [-0.2, 0) is 16.6 Å². The largest absolute Gasteiger partial charge is 0.492 e. The highest BCUT2D eigenvalue weighted by Gasteiger charge is 2.16. The van der Waals surface area contributed by atoms with Gasteiger partial charge in [-0.1, -0.05) is 60.7 Å². The van der Waals surface area contributed by atoms with Gasteiger partial charge in [0.15, 0.2) is 0 Å². The van der Waals surface area contributed by atoms with Gasteiger partial charge in [-0.15, -0.1) is 0 Å². The Bertz CT molecular complexity index is 1630. The van der Waals surface area contributed by atoms with Crippen LogP contribution in [0.15, 0.2) is 97.1 Å². The van der Waals surface area contributed by atoms with E-state index in [1.807, 2.05) is 42.5 Å². The first-order valence-corrected chi connectivity index (χ1v) is 14.4. The van der Waals surface area contributed by atoms with E-state index in [2.05, 4.69) is 44.9 Å². The van der Waals surface area contributed by atoms with Crippen molar-refractivity contribution in [2.75, 3.05) is 30.7 Å². The van der Waals surface area contributed by atoms with E-state index in [1.165, 1.54) is 5.39 Å². The summed E-state index contributed by atoms with van der Waals surface area (Å²) in [5.74, 6) is 0.781. The van der Waals surface area contributed by atoms with Crippen molar-refractivity contribution in [3.8, 4) is 5.75 Å². The number of nitrogens with one attached hydrogen (secondary N) is 2. The minimum atomic E-state index is -3.40. The number of hydrogen-bond donors (Lipinski definition) is 3. The van der Waals surface area contributed by atoms with Gasteiger partial charge in [-0.2, -0.15) is 0 Å². The molecule has 1 atom stereocenters. The number of nitrogens with zero attached hydrogens (tertiary/aromatic N) is 1. The maximum Gasteiger partial charge on any atom is 0.229 e. The van der Waals surface area contributed by atoms with Crippen molar-refractivity contribution in [1.82, 2.24) is 9.88 Å². The van der Waals surface area contributed by atoms with Crippen LogP contribution in [0.3, 0.4) is 0 Å². The standard InChI is InChI=1S/C30H31N3O4S/c1-38(35,36)32-24-11-7-10-23(18-24)30(34)21-33(20-22-8-3-2-4-9-22)16-17-37-25-14-15-27-26-12-5-6-13-28(26)31-29(27)19-25/h2-15,18-19,30-32,34H,16-17,20-21H2,1H3/t30-/m0/s1. The second-order valence-corrected chi connectivity index (χ2v) is 11.2. The maximum absolute atomic E-state index is 11.6. The Balaban J connectivity index is 1.27. The molecule has 0 aliphatic rings. The van der Waals surface area contributed by atoms with E-state index in [4.69, 9.17) is 4.74 Å². The Kier molecular flexibility index (Phi) is 7.64. The first-order valence-electron chi connectivity index (χ1n) is 12.5. The van der Waals surface area contributed by atoms with Crippen LogP contribution < -0.4 is 9.46 Å². The summed E-state index contributed by atoms with van der Waals surface area (Å²) in [6.45, 7) is 2.05. The summed E-state index contributed by atoms with van der Waals surface area (Å²) >= 11 is 0. The van der Waals surface area contributed by atoms with Crippen LogP contribution in [0.25, 0.3) is 21.8 Å². The van der Waals surface area contributed by atoms with Gasteiger partial charge >= 0.3 is 0 Å². The fraction of sp³-hybridized carbons (Fsp3) is 0.200. The number of rotatable bonds is 11. The number of aromatic amines is 1. The number of anilines is 1. The molecule has 1 heterocycles. The molecule has 0 aliphatic carbocycles. The van der Waals surface area contributed by atoms with Gasteiger partial charge in [-0.3, -0.25) is 9.62 Å². The van der Waals surface area contributed by atoms with Crippen LogP contribution in [0.1, 0.15) is 17.2 Å². The fourth-order valence-electron chi connectivity index (χ4n) is 4.67. The van der Waals surface area contributed by atoms with Gasteiger partial charge in [0.2, 0.25) is 10.0 Å². The van der Waals surface area contributed by atoms with E-state index in [0.717, 1.165) is 34.0 Å². The molecule has 7 nitrogen and oxygen atoms in total. The summed E-state index contributed by atoms with van der Waals surface area (Å²) < 4.78 is 31.8. The van der Waals surface area contributed by atoms with Gasteiger partial charge in [0.05, 0.1) is 17.9 Å². The summed E-state index contributed by atoms with van der Waals surface area (Å²) in [5, 5.41) is 13.4. The summed E-state index contributed by atoms with van der Waals surface area (Å²) in [6.07, 6.45) is 0.302. The summed E-state index contributed by atoms with van der Waals surface area (Å²) in [7, 11) is -3.40. The first kappa shape index (κ1) is 25.8. The number of aliphatic hydroxyl groups excluding tert-OH is 1. The van der Waals surface area contributed by atoms with Crippen molar-refractivity contribution in [2.45, 2.75) is 12.6 Å². The van der Waals surface area contributed by atoms with Gasteiger partial charge < -0.3 is 14.8 Å². The zero-order valence-corrected chi connectivity index (χ0v) is 22.0. The number of para-hydroxylation sites is 1. The SMILES string of the molecule is CS(=O)(=O)Nc1cccc([C@@H](O)CN(CCOc2ccc3c(c2)[nH]c2ccccc23)Cc2ccccc2)c1. The van der Waals surface area contributed by atoms with Gasteiger partial charge in [0, 0.05) is 47.7 Å². The van der Waals surface area contributed by atoms with E-state index in [0.29, 0.717) is 37.5 Å². The van der Waals surface area contributed by atoms with Crippen molar-refractivity contribution in [3.63, 3.8) is 0 Å². The normalized spacial score (nSPS) is 12.7. The van der Waals surface area contributed by atoms with Crippen LogP contribution in [0, 0.1) is 0 Å². The molecule has 5 aromatic rings. The number of sulfonamides is 1. The molecule has 3 N–H and O–H groups in total. The zero-order chi connectivity index (χ0) is 26.5. The lowest BCUT2D eigenvalue weighted by Gasteiger charge is -2.25. The predicted molar refractivity (Wildman–Crippen MR) is 153 cm³/mol. The minimum Gasteiger partial charge on any atom is -0.492 e. The third-order valence-corrected chi connectivity index (χ3v) is 7.02. The fourth-order valence-corrected chi connectivity index (χ4v) is 5.22. The number of ether oxygens (including phenoxy) is 1. The Morgan fingerprint density at radius 2 is 1.66 bits per heavy atom. The Morgan fingerprint density at radius 1 is 0.895 bits per heavy atom. The van der Waals surface area contributed by atoms with Crippen molar-refractivity contribution in [2.24, 2.45) is 0 Å². The van der Waals surface area contributed by atoms with Gasteiger partial charge in [-0.05, 0) is 41.5 Å². The van der Waals surface area contributed by atoms with Crippen molar-refractivity contribution in [1.29, 1.82) is 0 Å². The molecule has 1 aromatic heterocycles. The highest BCUT2D eigenvalue weighted by molar-refractivity contribution is 7.92. The average molecular weight is 530 g/mol. The summed E-state index contributed by atoms with van der Waals surface area (Å²) in [4.78, 5) is 5.58. The lowest BCUT2D eigenvalue weighted by atomic mass is 10.1. The molecule has 0 spiro atoms. The Labute approximate surface area is 222 Å². The molecule has 0 fully saturated rings. The highest BCUT2D eigenvalue weighted by atomic mass is 32.2. The van der Waals surface area contributed by atoms with E-state index >= 15 is 0 Å². The van der Waals surface area contributed by atoms with E-state index in [-0.39, 0.29) is 0 Å². The maximum atomic E-state index is 11.6. The minimum absolute atomic E-state index is 0.363. The molecule has 0 unspecified atom stereocenters. The van der Waals surface area contributed by atoms with Crippen LogP contribution in [-0.4, -0.2) is 49.4 Å². The number of hydrogen-bond acceptors (Lipinski definition) is 5. The first-order chi connectivity index (χ1) is 18.3. The zero-order valence-electron chi connectivity index (χ0n) is 21.2. The number of aliphatic hydroxyl groups is 1. The van der Waals surface area contributed by atoms with Crippen LogP contribution in [0.5, 0.6) is 5.75 Å². The van der Waals surface area contributed by atoms with Gasteiger partial charge in [0.1, 0.15) is 12.4 Å². The number of aromatic nitrogens is 1. The molecule has 8 heteroatoms. The molecule has 0 saturated heterocycles. The molecule has 0 amide bonds. The van der Waals surface area contributed by atoms with E-state index in [1.54, 1.807) is 24.3 Å². The second kappa shape index (κ2) is 11.3. The third-order valence-electron chi connectivity index (χ3n) is 6.41. The van der Waals surface area contributed by atoms with Gasteiger partial charge in [0.25, 0.3) is 0 Å². The number of H-pyrrole nitrogens is 1. The predicted octanol–water partition coefficient (Wildman–Crippen LogP) is 5.31. The molecule has 0 radical (unpaired) electrons. The van der Waals surface area contributed by atoms with Crippen molar-refractivity contribution in [3.05, 3.63) is 108 Å². The molecule has 4 aromatic carbocycles. The molecule has 0 aliphatic heterocycles. The summed E-state index contributed by atoms with van der Waals surface area (Å²) in [5.41, 5.74) is 4.32. The molecular weight excluding hydrogens is 498 g/mol. The Morgan fingerprint density at radius 3 is 2.47 bits per heavy atom. The van der Waals surface area contributed by atoms with Crippen LogP contribution >= 0.6 is 0 Å². The summed E-state index contributed by atoms with van der Waals surface area (Å²) in [6, 6.07) is 31.2. The number of benzene rings is 4. The molecule has 38 heavy (non-hydrogen) atoms. The smallest absolute Gasteiger partial charge is 0.229 e. The third kappa shape index (κ3) is 6.52. The lowest BCUT2D eigenvalue weighted by Crippen LogP contribution is -2.32. The Hall–Kier alpha value is -3.85. The monoisotopic (exact) mass is 529 g/mol. The van der Waals surface area contributed by atoms with Crippen molar-refractivity contribution < 1.29 is 18.3 Å². The van der Waals surface area contributed by atoms with E-state index in [9.17, 15) is 13.5 Å². The van der Waals surface area contributed by atoms with E-state index < -0.39 is 16.1 Å². The number of fused-ring (bicyclic) bond motifs is 3. The molecule has 196 valence electrons.